The number of ether oxygens (including phenoxy) is 2. The lowest BCUT2D eigenvalue weighted by molar-refractivity contribution is 0.187. The van der Waals surface area contributed by atoms with Crippen molar-refractivity contribution in [3.8, 4) is 5.75 Å². The van der Waals surface area contributed by atoms with Gasteiger partial charge in [-0.15, -0.1) is 11.3 Å². The number of para-hydroxylation sites is 1. The van der Waals surface area contributed by atoms with Gasteiger partial charge in [0, 0.05) is 0 Å². The highest BCUT2D eigenvalue weighted by molar-refractivity contribution is 7.18. The molecule has 0 aliphatic rings. The van der Waals surface area contributed by atoms with Gasteiger partial charge in [0.2, 0.25) is 0 Å². The van der Waals surface area contributed by atoms with E-state index < -0.39 is 6.09 Å². The fraction of sp³-hybridized carbons (Fsp3) is 0.263. The Morgan fingerprint density at radius 2 is 1.96 bits per heavy atom. The molecule has 1 amide bonds. The molecular formula is C19H20N2O3S. The summed E-state index contributed by atoms with van der Waals surface area (Å²) in [5, 5.41) is 3.70. The normalized spacial score (nSPS) is 10.7. The van der Waals surface area contributed by atoms with Crippen LogP contribution in [0.25, 0.3) is 10.2 Å². The minimum absolute atomic E-state index is 0.419. The number of hydrogen-bond acceptors (Lipinski definition) is 5. The van der Waals surface area contributed by atoms with Gasteiger partial charge in [-0.05, 0) is 55.7 Å². The molecule has 0 spiro atoms. The van der Waals surface area contributed by atoms with Gasteiger partial charge >= 0.3 is 6.09 Å². The summed E-state index contributed by atoms with van der Waals surface area (Å²) in [6.45, 7) is 6.29. The van der Waals surface area contributed by atoms with Gasteiger partial charge < -0.3 is 9.47 Å². The molecule has 25 heavy (non-hydrogen) atoms. The van der Waals surface area contributed by atoms with Crippen molar-refractivity contribution in [3.05, 3.63) is 52.0 Å². The maximum absolute atomic E-state index is 11.5. The number of benzene rings is 2. The molecule has 0 radical (unpaired) electrons. The molecule has 0 saturated heterocycles. The summed E-state index contributed by atoms with van der Waals surface area (Å²) in [6.07, 6.45) is -0.478. The SMILES string of the molecule is COC(=O)Nc1c(C)cc(OCc2nc3ccccc3s2)c(C)c1C. The summed E-state index contributed by atoms with van der Waals surface area (Å²) >= 11 is 1.64. The van der Waals surface area contributed by atoms with Crippen molar-refractivity contribution in [3.63, 3.8) is 0 Å². The molecule has 3 rings (SSSR count). The van der Waals surface area contributed by atoms with E-state index in [1.165, 1.54) is 7.11 Å². The second-order valence-electron chi connectivity index (χ2n) is 5.80. The van der Waals surface area contributed by atoms with E-state index in [1.54, 1.807) is 11.3 Å². The first-order valence-corrected chi connectivity index (χ1v) is 8.74. The van der Waals surface area contributed by atoms with E-state index in [4.69, 9.17) is 4.74 Å². The monoisotopic (exact) mass is 356 g/mol. The summed E-state index contributed by atoms with van der Waals surface area (Å²) in [7, 11) is 1.35. The van der Waals surface area contributed by atoms with Crippen molar-refractivity contribution in [1.29, 1.82) is 0 Å². The van der Waals surface area contributed by atoms with Crippen molar-refractivity contribution in [1.82, 2.24) is 4.98 Å². The highest BCUT2D eigenvalue weighted by Crippen LogP contribution is 2.32. The van der Waals surface area contributed by atoms with Crippen LogP contribution in [0.4, 0.5) is 10.5 Å². The number of anilines is 1. The number of hydrogen-bond donors (Lipinski definition) is 1. The van der Waals surface area contributed by atoms with Crippen LogP contribution in [0.15, 0.2) is 30.3 Å². The number of rotatable bonds is 4. The van der Waals surface area contributed by atoms with E-state index in [1.807, 2.05) is 45.0 Å². The molecular weight excluding hydrogens is 336 g/mol. The van der Waals surface area contributed by atoms with Crippen LogP contribution in [0.2, 0.25) is 0 Å². The Bertz CT molecular complexity index is 901. The molecule has 0 aliphatic carbocycles. The molecule has 1 N–H and O–H groups in total. The molecule has 0 bridgehead atoms. The quantitative estimate of drug-likeness (QED) is 0.716. The first kappa shape index (κ1) is 17.2. The molecule has 1 aromatic heterocycles. The number of aromatic nitrogens is 1. The van der Waals surface area contributed by atoms with Crippen LogP contribution in [0.1, 0.15) is 21.7 Å². The van der Waals surface area contributed by atoms with Crippen molar-refractivity contribution >= 4 is 33.3 Å². The van der Waals surface area contributed by atoms with Crippen LogP contribution in [-0.4, -0.2) is 18.2 Å². The van der Waals surface area contributed by atoms with Crippen LogP contribution in [0, 0.1) is 20.8 Å². The molecule has 0 aliphatic heterocycles. The van der Waals surface area contributed by atoms with E-state index in [0.717, 1.165) is 43.4 Å². The lowest BCUT2D eigenvalue weighted by atomic mass is 10.0. The minimum Gasteiger partial charge on any atom is -0.486 e. The standard InChI is InChI=1S/C19H20N2O3S/c1-11-9-15(12(2)13(3)18(11)21-19(22)23-4)24-10-17-20-14-7-5-6-8-16(14)25-17/h5-9H,10H2,1-4H3,(H,21,22). The molecule has 130 valence electrons. The Kier molecular flexibility index (Phi) is 4.90. The Morgan fingerprint density at radius 1 is 1.20 bits per heavy atom. The Hall–Kier alpha value is -2.60. The number of aryl methyl sites for hydroxylation is 1. The average Bonchev–Trinajstić information content (AvgIpc) is 3.03. The molecule has 0 fully saturated rings. The summed E-state index contributed by atoms with van der Waals surface area (Å²) in [6, 6.07) is 9.98. The van der Waals surface area contributed by atoms with Gasteiger partial charge in [-0.25, -0.2) is 9.78 Å². The zero-order valence-corrected chi connectivity index (χ0v) is 15.5. The predicted molar refractivity (Wildman–Crippen MR) is 101 cm³/mol. The Morgan fingerprint density at radius 3 is 2.68 bits per heavy atom. The van der Waals surface area contributed by atoms with Crippen LogP contribution in [-0.2, 0) is 11.3 Å². The van der Waals surface area contributed by atoms with Gasteiger partial charge in [0.15, 0.2) is 0 Å². The van der Waals surface area contributed by atoms with E-state index in [0.29, 0.717) is 6.61 Å². The van der Waals surface area contributed by atoms with E-state index in [9.17, 15) is 4.79 Å². The second kappa shape index (κ2) is 7.11. The molecule has 2 aromatic carbocycles. The summed E-state index contributed by atoms with van der Waals surface area (Å²) in [4.78, 5) is 16.1. The lowest BCUT2D eigenvalue weighted by Gasteiger charge is -2.17. The summed E-state index contributed by atoms with van der Waals surface area (Å²) in [5.74, 6) is 0.796. The number of carbonyl (C=O) groups excluding carboxylic acids is 1. The number of amides is 1. The summed E-state index contributed by atoms with van der Waals surface area (Å²) in [5.41, 5.74) is 4.63. The third-order valence-corrected chi connectivity index (χ3v) is 5.16. The number of nitrogens with one attached hydrogen (secondary N) is 1. The Balaban J connectivity index is 1.81. The van der Waals surface area contributed by atoms with Gasteiger partial charge in [-0.1, -0.05) is 12.1 Å². The molecule has 5 nitrogen and oxygen atoms in total. The van der Waals surface area contributed by atoms with Crippen LogP contribution < -0.4 is 10.1 Å². The minimum atomic E-state index is -0.478. The number of methoxy groups -OCH3 is 1. The first-order valence-electron chi connectivity index (χ1n) is 7.92. The molecule has 3 aromatic rings. The summed E-state index contributed by atoms with van der Waals surface area (Å²) < 4.78 is 11.8. The van der Waals surface area contributed by atoms with Gasteiger partial charge in [0.05, 0.1) is 23.0 Å². The fourth-order valence-electron chi connectivity index (χ4n) is 2.66. The third-order valence-electron chi connectivity index (χ3n) is 4.15. The lowest BCUT2D eigenvalue weighted by Crippen LogP contribution is -2.14. The first-order chi connectivity index (χ1) is 12.0. The number of carbonyl (C=O) groups is 1. The number of fused-ring (bicyclic) bond motifs is 1. The van der Waals surface area contributed by atoms with Crippen molar-refractivity contribution in [2.45, 2.75) is 27.4 Å². The van der Waals surface area contributed by atoms with Crippen LogP contribution in [0.3, 0.4) is 0 Å². The van der Waals surface area contributed by atoms with E-state index >= 15 is 0 Å². The molecule has 1 heterocycles. The van der Waals surface area contributed by atoms with Gasteiger partial charge in [0.1, 0.15) is 17.4 Å². The zero-order chi connectivity index (χ0) is 18.0. The highest BCUT2D eigenvalue weighted by atomic mass is 32.1. The molecule has 0 saturated carbocycles. The maximum Gasteiger partial charge on any atom is 0.411 e. The molecule has 6 heteroatoms. The number of nitrogens with zero attached hydrogens (tertiary/aromatic N) is 1. The molecule has 0 atom stereocenters. The van der Waals surface area contributed by atoms with Gasteiger partial charge in [-0.3, -0.25) is 5.32 Å². The van der Waals surface area contributed by atoms with E-state index in [2.05, 4.69) is 21.1 Å². The van der Waals surface area contributed by atoms with Crippen LogP contribution in [0.5, 0.6) is 5.75 Å². The average molecular weight is 356 g/mol. The van der Waals surface area contributed by atoms with Crippen molar-refractivity contribution < 1.29 is 14.3 Å². The van der Waals surface area contributed by atoms with Crippen molar-refractivity contribution in [2.24, 2.45) is 0 Å². The predicted octanol–water partition coefficient (Wildman–Crippen LogP) is 4.98. The topological polar surface area (TPSA) is 60.5 Å². The third kappa shape index (κ3) is 3.58. The number of thiazole rings is 1. The van der Waals surface area contributed by atoms with Gasteiger partial charge in [0.25, 0.3) is 0 Å². The van der Waals surface area contributed by atoms with Crippen molar-refractivity contribution in [2.75, 3.05) is 12.4 Å². The van der Waals surface area contributed by atoms with Gasteiger partial charge in [-0.2, -0.15) is 0 Å². The van der Waals surface area contributed by atoms with E-state index in [-0.39, 0.29) is 0 Å². The second-order valence-corrected chi connectivity index (χ2v) is 6.91. The van der Waals surface area contributed by atoms with Crippen LogP contribution >= 0.6 is 11.3 Å². The zero-order valence-electron chi connectivity index (χ0n) is 14.7. The fourth-order valence-corrected chi connectivity index (χ4v) is 3.54. The molecule has 0 unspecified atom stereocenters. The Labute approximate surface area is 150 Å². The largest absolute Gasteiger partial charge is 0.486 e. The maximum atomic E-state index is 11.5. The smallest absolute Gasteiger partial charge is 0.411 e. The highest BCUT2D eigenvalue weighted by Gasteiger charge is 2.14.